The molecule has 1 amide bonds. The summed E-state index contributed by atoms with van der Waals surface area (Å²) in [7, 11) is 0. The maximum absolute atomic E-state index is 12.6. The van der Waals surface area contributed by atoms with Gasteiger partial charge in [-0.3, -0.25) is 10.1 Å². The van der Waals surface area contributed by atoms with Crippen molar-refractivity contribution >= 4 is 62.9 Å². The molecule has 4 aromatic rings. The van der Waals surface area contributed by atoms with E-state index in [-0.39, 0.29) is 10.9 Å². The van der Waals surface area contributed by atoms with Crippen molar-refractivity contribution in [1.82, 2.24) is 5.32 Å². The highest BCUT2D eigenvalue weighted by atomic mass is 35.5. The third kappa shape index (κ3) is 3.92. The van der Waals surface area contributed by atoms with Crippen molar-refractivity contribution in [1.29, 1.82) is 0 Å². The lowest BCUT2D eigenvalue weighted by Gasteiger charge is -2.12. The molecule has 1 heterocycles. The van der Waals surface area contributed by atoms with Crippen molar-refractivity contribution in [3.8, 4) is 11.3 Å². The molecule has 31 heavy (non-hydrogen) atoms. The number of hydrogen-bond acceptors (Lipinski definition) is 3. The Morgan fingerprint density at radius 1 is 0.935 bits per heavy atom. The Balaban J connectivity index is 1.32. The minimum atomic E-state index is -0.442. The largest absolute Gasteiger partial charge is 0.451 e. The molecule has 5 rings (SSSR count). The van der Waals surface area contributed by atoms with Crippen LogP contribution in [0, 0.1) is 0 Å². The van der Waals surface area contributed by atoms with Crippen molar-refractivity contribution in [2.24, 2.45) is 0 Å². The SMILES string of the molecule is O=C(NC(=S)Nc1ccc2c3c(cccc13)CC2)c1ccc(-c2cc(Cl)cc(Cl)c2)o1. The topological polar surface area (TPSA) is 54.3 Å². The number of furan rings is 1. The van der Waals surface area contributed by atoms with E-state index in [0.717, 1.165) is 23.9 Å². The number of anilines is 1. The third-order valence-corrected chi connectivity index (χ3v) is 5.97. The van der Waals surface area contributed by atoms with Crippen molar-refractivity contribution in [2.45, 2.75) is 12.8 Å². The summed E-state index contributed by atoms with van der Waals surface area (Å²) >= 11 is 17.5. The van der Waals surface area contributed by atoms with Gasteiger partial charge in [0.25, 0.3) is 5.91 Å². The first-order valence-corrected chi connectivity index (χ1v) is 10.9. The number of benzene rings is 3. The van der Waals surface area contributed by atoms with Gasteiger partial charge in [0, 0.05) is 26.7 Å². The van der Waals surface area contributed by atoms with Crippen LogP contribution in [0.2, 0.25) is 10.0 Å². The monoisotopic (exact) mass is 466 g/mol. The van der Waals surface area contributed by atoms with Crippen LogP contribution in [0.5, 0.6) is 0 Å². The number of carbonyl (C=O) groups excluding carboxylic acids is 1. The summed E-state index contributed by atoms with van der Waals surface area (Å²) in [5.74, 6) is 0.180. The highest BCUT2D eigenvalue weighted by Crippen LogP contribution is 2.35. The van der Waals surface area contributed by atoms with E-state index in [4.69, 9.17) is 39.8 Å². The number of thiocarbonyl (C=S) groups is 1. The first-order valence-electron chi connectivity index (χ1n) is 9.70. The predicted molar refractivity (Wildman–Crippen MR) is 129 cm³/mol. The van der Waals surface area contributed by atoms with Crippen LogP contribution >= 0.6 is 35.4 Å². The Kier molecular flexibility index (Phi) is 5.18. The second-order valence-corrected chi connectivity index (χ2v) is 8.62. The van der Waals surface area contributed by atoms with Crippen LogP contribution in [0.1, 0.15) is 21.7 Å². The van der Waals surface area contributed by atoms with Crippen LogP contribution in [0.25, 0.3) is 22.1 Å². The molecule has 3 aromatic carbocycles. The summed E-state index contributed by atoms with van der Waals surface area (Å²) in [6, 6.07) is 18.7. The van der Waals surface area contributed by atoms with E-state index >= 15 is 0 Å². The summed E-state index contributed by atoms with van der Waals surface area (Å²) < 4.78 is 5.69. The first-order chi connectivity index (χ1) is 15.0. The zero-order chi connectivity index (χ0) is 21.5. The van der Waals surface area contributed by atoms with E-state index in [1.54, 1.807) is 30.3 Å². The van der Waals surface area contributed by atoms with Crippen molar-refractivity contribution < 1.29 is 9.21 Å². The number of halogens is 2. The van der Waals surface area contributed by atoms with Crippen LogP contribution in [0.3, 0.4) is 0 Å². The number of carbonyl (C=O) groups is 1. The molecule has 0 bridgehead atoms. The maximum Gasteiger partial charge on any atom is 0.293 e. The molecule has 0 fully saturated rings. The van der Waals surface area contributed by atoms with E-state index in [0.29, 0.717) is 21.4 Å². The van der Waals surface area contributed by atoms with Crippen LogP contribution in [0.15, 0.2) is 65.1 Å². The summed E-state index contributed by atoms with van der Waals surface area (Å²) in [5, 5.41) is 9.37. The van der Waals surface area contributed by atoms with Crippen LogP contribution < -0.4 is 10.6 Å². The summed E-state index contributed by atoms with van der Waals surface area (Å²) in [4.78, 5) is 12.6. The van der Waals surface area contributed by atoms with Gasteiger partial charge in [0.1, 0.15) is 5.76 Å². The fourth-order valence-corrected chi connectivity index (χ4v) is 4.71. The fraction of sp³-hybridized carbons (Fsp3) is 0.0833. The summed E-state index contributed by atoms with van der Waals surface area (Å²) in [6.45, 7) is 0. The van der Waals surface area contributed by atoms with Crippen LogP contribution in [-0.4, -0.2) is 11.0 Å². The third-order valence-electron chi connectivity index (χ3n) is 5.33. The molecular weight excluding hydrogens is 451 g/mol. The smallest absolute Gasteiger partial charge is 0.293 e. The second-order valence-electron chi connectivity index (χ2n) is 7.34. The molecular formula is C24H16Cl2N2O2S. The van der Waals surface area contributed by atoms with Gasteiger partial charge >= 0.3 is 0 Å². The standard InChI is InChI=1S/C24H16Cl2N2O2S/c25-16-10-15(11-17(26)12-16)20-8-9-21(30-20)23(29)28-24(31)27-19-7-6-14-5-4-13-2-1-3-18(19)22(13)14/h1-3,6-12H,4-5H2,(H2,27,28,29,31). The van der Waals surface area contributed by atoms with E-state index in [2.05, 4.69) is 28.8 Å². The van der Waals surface area contributed by atoms with Gasteiger partial charge in [-0.1, -0.05) is 47.5 Å². The molecule has 1 aliphatic rings. The minimum absolute atomic E-state index is 0.135. The van der Waals surface area contributed by atoms with Gasteiger partial charge in [-0.05, 0) is 78.0 Å². The zero-order valence-corrected chi connectivity index (χ0v) is 18.5. The average molecular weight is 467 g/mol. The molecule has 1 aromatic heterocycles. The lowest BCUT2D eigenvalue weighted by Crippen LogP contribution is -2.33. The number of amides is 1. The molecule has 0 unspecified atom stereocenters. The summed E-state index contributed by atoms with van der Waals surface area (Å²) in [6.07, 6.45) is 2.10. The van der Waals surface area contributed by atoms with Crippen LogP contribution in [-0.2, 0) is 12.8 Å². The molecule has 7 heteroatoms. The quantitative estimate of drug-likeness (QED) is 0.332. The molecule has 154 valence electrons. The Bertz CT molecular complexity index is 1330. The van der Waals surface area contributed by atoms with Gasteiger partial charge in [-0.25, -0.2) is 0 Å². The van der Waals surface area contributed by atoms with Gasteiger partial charge in [0.05, 0.1) is 0 Å². The number of hydrogen-bond donors (Lipinski definition) is 2. The van der Waals surface area contributed by atoms with E-state index in [9.17, 15) is 4.79 Å². The Hall–Kier alpha value is -2.86. The van der Waals surface area contributed by atoms with Gasteiger partial charge in [0.15, 0.2) is 10.9 Å². The Labute approximate surface area is 194 Å². The second kappa shape index (κ2) is 8.00. The minimum Gasteiger partial charge on any atom is -0.451 e. The Morgan fingerprint density at radius 2 is 1.68 bits per heavy atom. The van der Waals surface area contributed by atoms with E-state index < -0.39 is 5.91 Å². The lowest BCUT2D eigenvalue weighted by molar-refractivity contribution is 0.0951. The zero-order valence-electron chi connectivity index (χ0n) is 16.2. The number of nitrogens with one attached hydrogen (secondary N) is 2. The number of rotatable bonds is 3. The maximum atomic E-state index is 12.6. The molecule has 0 aliphatic heterocycles. The highest BCUT2D eigenvalue weighted by Gasteiger charge is 2.18. The first kappa shape index (κ1) is 20.1. The lowest BCUT2D eigenvalue weighted by atomic mass is 10.0. The van der Waals surface area contributed by atoms with Crippen molar-refractivity contribution in [3.63, 3.8) is 0 Å². The molecule has 0 radical (unpaired) electrons. The summed E-state index contributed by atoms with van der Waals surface area (Å²) in [5.41, 5.74) is 4.23. The van der Waals surface area contributed by atoms with Gasteiger partial charge in [-0.2, -0.15) is 0 Å². The average Bonchev–Trinajstić information content (AvgIpc) is 3.38. The molecule has 4 nitrogen and oxygen atoms in total. The molecule has 2 N–H and O–H groups in total. The molecule has 0 atom stereocenters. The Morgan fingerprint density at radius 3 is 2.45 bits per heavy atom. The normalized spacial score (nSPS) is 12.2. The van der Waals surface area contributed by atoms with Crippen LogP contribution in [0.4, 0.5) is 5.69 Å². The predicted octanol–water partition coefficient (Wildman–Crippen LogP) is 6.63. The van der Waals surface area contributed by atoms with Crippen molar-refractivity contribution in [3.05, 3.63) is 87.6 Å². The highest BCUT2D eigenvalue weighted by molar-refractivity contribution is 7.80. The fourth-order valence-electron chi connectivity index (χ4n) is 3.99. The molecule has 0 saturated heterocycles. The van der Waals surface area contributed by atoms with Crippen molar-refractivity contribution in [2.75, 3.05) is 5.32 Å². The van der Waals surface area contributed by atoms with Gasteiger partial charge in [0.2, 0.25) is 0 Å². The van der Waals surface area contributed by atoms with E-state index in [1.165, 1.54) is 16.5 Å². The van der Waals surface area contributed by atoms with Gasteiger partial charge < -0.3 is 9.73 Å². The van der Waals surface area contributed by atoms with Gasteiger partial charge in [-0.15, -0.1) is 0 Å². The molecule has 0 spiro atoms. The van der Waals surface area contributed by atoms with E-state index in [1.807, 2.05) is 12.1 Å². The molecule has 0 saturated carbocycles. The molecule has 1 aliphatic carbocycles. The number of aryl methyl sites for hydroxylation is 2.